The van der Waals surface area contributed by atoms with Crippen molar-refractivity contribution in [2.24, 2.45) is 0 Å². The number of hydrogen-bond donors (Lipinski definition) is 0. The van der Waals surface area contributed by atoms with Crippen LogP contribution in [0.1, 0.15) is 34.0 Å². The number of rotatable bonds is 4. The van der Waals surface area contributed by atoms with E-state index in [9.17, 15) is 4.79 Å². The lowest BCUT2D eigenvalue weighted by Crippen LogP contribution is -2.37. The zero-order valence-electron chi connectivity index (χ0n) is 14.5. The second-order valence-corrected chi connectivity index (χ2v) is 7.47. The number of ether oxygens (including phenoxy) is 1. The summed E-state index contributed by atoms with van der Waals surface area (Å²) in [5, 5.41) is 2.13. The van der Waals surface area contributed by atoms with Gasteiger partial charge in [-0.15, -0.1) is 11.3 Å². The van der Waals surface area contributed by atoms with Crippen LogP contribution in [-0.2, 0) is 0 Å². The molecule has 1 saturated heterocycles. The standard InChI is InChI=1S/C22H21NO2S/c24-22(23-14-12-17(13-15-23)21-11-6-16-26-21)19-9-4-5-10-20(19)25-18-7-2-1-3-8-18/h1-11,16-17H,12-15H2. The summed E-state index contributed by atoms with van der Waals surface area (Å²) in [5.74, 6) is 1.99. The van der Waals surface area contributed by atoms with Crippen LogP contribution in [0.2, 0.25) is 0 Å². The highest BCUT2D eigenvalue weighted by Crippen LogP contribution is 2.32. The summed E-state index contributed by atoms with van der Waals surface area (Å²) >= 11 is 1.82. The van der Waals surface area contributed by atoms with Gasteiger partial charge < -0.3 is 9.64 Å². The molecule has 4 heteroatoms. The first-order valence-electron chi connectivity index (χ1n) is 8.96. The molecule has 2 heterocycles. The summed E-state index contributed by atoms with van der Waals surface area (Å²) in [6.45, 7) is 1.59. The van der Waals surface area contributed by atoms with E-state index < -0.39 is 0 Å². The minimum Gasteiger partial charge on any atom is -0.457 e. The van der Waals surface area contributed by atoms with Crippen LogP contribution in [0.15, 0.2) is 72.1 Å². The summed E-state index contributed by atoms with van der Waals surface area (Å²) in [4.78, 5) is 16.4. The van der Waals surface area contributed by atoms with Crippen molar-refractivity contribution in [1.29, 1.82) is 0 Å². The van der Waals surface area contributed by atoms with Crippen LogP contribution in [0, 0.1) is 0 Å². The molecule has 0 atom stereocenters. The summed E-state index contributed by atoms with van der Waals surface area (Å²) in [6, 6.07) is 21.4. The van der Waals surface area contributed by atoms with Gasteiger partial charge in [-0.1, -0.05) is 36.4 Å². The monoisotopic (exact) mass is 363 g/mol. The Morgan fingerprint density at radius 1 is 0.923 bits per heavy atom. The van der Waals surface area contributed by atoms with Gasteiger partial charge in [-0.05, 0) is 54.5 Å². The second kappa shape index (κ2) is 7.75. The van der Waals surface area contributed by atoms with Gasteiger partial charge >= 0.3 is 0 Å². The molecule has 1 aliphatic heterocycles. The van der Waals surface area contributed by atoms with Gasteiger partial charge in [0.2, 0.25) is 0 Å². The average Bonchev–Trinajstić information content (AvgIpc) is 3.24. The van der Waals surface area contributed by atoms with E-state index in [4.69, 9.17) is 4.74 Å². The van der Waals surface area contributed by atoms with Gasteiger partial charge in [0, 0.05) is 18.0 Å². The topological polar surface area (TPSA) is 29.5 Å². The second-order valence-electron chi connectivity index (χ2n) is 6.49. The molecule has 1 fully saturated rings. The van der Waals surface area contributed by atoms with Crippen LogP contribution < -0.4 is 4.74 Å². The molecule has 0 unspecified atom stereocenters. The number of piperidine rings is 1. The van der Waals surface area contributed by atoms with Crippen molar-refractivity contribution in [2.45, 2.75) is 18.8 Å². The molecule has 1 aliphatic rings. The largest absolute Gasteiger partial charge is 0.457 e. The highest BCUT2D eigenvalue weighted by Gasteiger charge is 2.26. The van der Waals surface area contributed by atoms with Crippen molar-refractivity contribution >= 4 is 17.2 Å². The number of thiophene rings is 1. The van der Waals surface area contributed by atoms with Gasteiger partial charge in [0.1, 0.15) is 11.5 Å². The van der Waals surface area contributed by atoms with Crippen LogP contribution in [0.5, 0.6) is 11.5 Å². The van der Waals surface area contributed by atoms with Crippen molar-refractivity contribution < 1.29 is 9.53 Å². The Morgan fingerprint density at radius 3 is 2.38 bits per heavy atom. The molecule has 0 saturated carbocycles. The molecule has 0 bridgehead atoms. The fraction of sp³-hybridized carbons (Fsp3) is 0.227. The minimum atomic E-state index is 0.0566. The average molecular weight is 363 g/mol. The summed E-state index contributed by atoms with van der Waals surface area (Å²) in [5.41, 5.74) is 0.630. The maximum absolute atomic E-state index is 13.1. The van der Waals surface area contributed by atoms with E-state index in [1.165, 1.54) is 4.88 Å². The molecule has 1 aromatic heterocycles. The quantitative estimate of drug-likeness (QED) is 0.607. The van der Waals surface area contributed by atoms with Gasteiger partial charge in [-0.3, -0.25) is 4.79 Å². The smallest absolute Gasteiger partial charge is 0.257 e. The number of para-hydroxylation sites is 2. The molecular formula is C22H21NO2S. The molecule has 26 heavy (non-hydrogen) atoms. The number of benzene rings is 2. The van der Waals surface area contributed by atoms with E-state index in [-0.39, 0.29) is 5.91 Å². The molecule has 4 rings (SSSR count). The molecular weight excluding hydrogens is 342 g/mol. The zero-order chi connectivity index (χ0) is 17.8. The van der Waals surface area contributed by atoms with E-state index in [1.54, 1.807) is 0 Å². The summed E-state index contributed by atoms with van der Waals surface area (Å²) in [6.07, 6.45) is 2.04. The highest BCUT2D eigenvalue weighted by atomic mass is 32.1. The predicted molar refractivity (Wildman–Crippen MR) is 105 cm³/mol. The fourth-order valence-corrected chi connectivity index (χ4v) is 4.31. The number of nitrogens with zero attached hydrogens (tertiary/aromatic N) is 1. The molecule has 0 spiro atoms. The Morgan fingerprint density at radius 2 is 1.65 bits per heavy atom. The van der Waals surface area contributed by atoms with Gasteiger partial charge in [0.05, 0.1) is 5.56 Å². The molecule has 0 aliphatic carbocycles. The van der Waals surface area contributed by atoms with Gasteiger partial charge in [0.15, 0.2) is 0 Å². The van der Waals surface area contributed by atoms with Gasteiger partial charge in [-0.25, -0.2) is 0 Å². The summed E-state index contributed by atoms with van der Waals surface area (Å²) < 4.78 is 5.96. The lowest BCUT2D eigenvalue weighted by atomic mass is 9.95. The summed E-state index contributed by atoms with van der Waals surface area (Å²) in [7, 11) is 0. The van der Waals surface area contributed by atoms with Crippen LogP contribution in [0.4, 0.5) is 0 Å². The molecule has 132 valence electrons. The first kappa shape index (κ1) is 16.9. The third-order valence-corrected chi connectivity index (χ3v) is 5.85. The lowest BCUT2D eigenvalue weighted by Gasteiger charge is -2.32. The normalized spacial score (nSPS) is 15.0. The van der Waals surface area contributed by atoms with Crippen LogP contribution >= 0.6 is 11.3 Å². The Balaban J connectivity index is 1.47. The fourth-order valence-electron chi connectivity index (χ4n) is 3.41. The van der Waals surface area contributed by atoms with Gasteiger partial charge in [-0.2, -0.15) is 0 Å². The van der Waals surface area contributed by atoms with E-state index in [1.807, 2.05) is 70.8 Å². The lowest BCUT2D eigenvalue weighted by molar-refractivity contribution is 0.0711. The van der Waals surface area contributed by atoms with E-state index in [0.29, 0.717) is 17.2 Å². The number of likely N-dealkylation sites (tertiary alicyclic amines) is 1. The van der Waals surface area contributed by atoms with Gasteiger partial charge in [0.25, 0.3) is 5.91 Å². The van der Waals surface area contributed by atoms with E-state index in [0.717, 1.165) is 31.7 Å². The molecule has 0 radical (unpaired) electrons. The van der Waals surface area contributed by atoms with E-state index in [2.05, 4.69) is 17.5 Å². The SMILES string of the molecule is O=C(c1ccccc1Oc1ccccc1)N1CCC(c2cccs2)CC1. The zero-order valence-corrected chi connectivity index (χ0v) is 15.3. The number of hydrogen-bond acceptors (Lipinski definition) is 3. The minimum absolute atomic E-state index is 0.0566. The Labute approximate surface area is 157 Å². The third kappa shape index (κ3) is 3.65. The first-order valence-corrected chi connectivity index (χ1v) is 9.84. The Hall–Kier alpha value is -2.59. The van der Waals surface area contributed by atoms with Crippen molar-refractivity contribution in [3.05, 3.63) is 82.6 Å². The molecule has 0 N–H and O–H groups in total. The maximum Gasteiger partial charge on any atom is 0.257 e. The van der Waals surface area contributed by atoms with Crippen LogP contribution in [0.25, 0.3) is 0 Å². The Bertz CT molecular complexity index is 853. The molecule has 1 amide bonds. The first-order chi connectivity index (χ1) is 12.8. The van der Waals surface area contributed by atoms with Crippen molar-refractivity contribution in [2.75, 3.05) is 13.1 Å². The van der Waals surface area contributed by atoms with Crippen molar-refractivity contribution in [3.8, 4) is 11.5 Å². The molecule has 3 nitrogen and oxygen atoms in total. The number of carbonyl (C=O) groups is 1. The molecule has 2 aromatic carbocycles. The number of amides is 1. The van der Waals surface area contributed by atoms with Crippen LogP contribution in [0.3, 0.4) is 0 Å². The number of carbonyl (C=O) groups excluding carboxylic acids is 1. The van der Waals surface area contributed by atoms with Crippen LogP contribution in [-0.4, -0.2) is 23.9 Å². The van der Waals surface area contributed by atoms with Crippen molar-refractivity contribution in [3.63, 3.8) is 0 Å². The maximum atomic E-state index is 13.1. The van der Waals surface area contributed by atoms with E-state index >= 15 is 0 Å². The third-order valence-electron chi connectivity index (χ3n) is 4.82. The highest BCUT2D eigenvalue weighted by molar-refractivity contribution is 7.10. The predicted octanol–water partition coefficient (Wildman–Crippen LogP) is 5.56. The van der Waals surface area contributed by atoms with Crippen molar-refractivity contribution in [1.82, 2.24) is 4.90 Å². The molecule has 3 aromatic rings. The Kier molecular flexibility index (Phi) is 5.02.